The summed E-state index contributed by atoms with van der Waals surface area (Å²) in [7, 11) is 0. The molecule has 1 unspecified atom stereocenters. The molecule has 1 fully saturated rings. The molecule has 0 saturated carbocycles. The van der Waals surface area contributed by atoms with E-state index in [1.807, 2.05) is 0 Å². The maximum Gasteiger partial charge on any atom is 0.208 e. The van der Waals surface area contributed by atoms with E-state index in [1.165, 1.54) is 12.3 Å². The summed E-state index contributed by atoms with van der Waals surface area (Å²) < 4.78 is 13.0. The smallest absolute Gasteiger partial charge is 0.208 e. The van der Waals surface area contributed by atoms with Gasteiger partial charge in [0.05, 0.1) is 6.20 Å². The molecule has 0 radical (unpaired) electrons. The Labute approximate surface area is 133 Å². The minimum absolute atomic E-state index is 0.290. The first-order valence-electron chi connectivity index (χ1n) is 7.51. The lowest BCUT2D eigenvalue weighted by molar-refractivity contribution is 0.542. The summed E-state index contributed by atoms with van der Waals surface area (Å²) in [5.74, 6) is 0.937. The minimum atomic E-state index is -0.301. The number of pyridine rings is 1. The van der Waals surface area contributed by atoms with Gasteiger partial charge in [-0.2, -0.15) is 0 Å². The van der Waals surface area contributed by atoms with Gasteiger partial charge in [-0.15, -0.1) is 10.2 Å². The van der Waals surface area contributed by atoms with Crippen LogP contribution in [0.4, 0.5) is 15.3 Å². The van der Waals surface area contributed by atoms with Gasteiger partial charge in [-0.05, 0) is 19.1 Å². The molecule has 0 spiro atoms. The van der Waals surface area contributed by atoms with Gasteiger partial charge in [0.15, 0.2) is 0 Å². The first kappa shape index (κ1) is 15.1. The normalized spacial score (nSPS) is 19.0. The fourth-order valence-corrected chi connectivity index (χ4v) is 3.48. The third-order valence-corrected chi connectivity index (χ3v) is 5.11. The predicted molar refractivity (Wildman–Crippen MR) is 87.2 cm³/mol. The zero-order valence-corrected chi connectivity index (χ0v) is 13.8. The van der Waals surface area contributed by atoms with Crippen molar-refractivity contribution in [2.45, 2.75) is 32.7 Å². The second-order valence-corrected chi connectivity index (χ2v) is 6.89. The average molecular weight is 321 g/mol. The maximum atomic E-state index is 13.0. The third-order valence-electron chi connectivity index (χ3n) is 3.83. The molecule has 5 nitrogen and oxygen atoms in total. The van der Waals surface area contributed by atoms with Crippen molar-refractivity contribution in [2.75, 3.05) is 29.4 Å². The van der Waals surface area contributed by atoms with Crippen LogP contribution in [0.5, 0.6) is 0 Å². The highest BCUT2D eigenvalue weighted by atomic mass is 32.1. The van der Waals surface area contributed by atoms with Crippen molar-refractivity contribution >= 4 is 22.3 Å². The highest BCUT2D eigenvalue weighted by Gasteiger charge is 2.26. The van der Waals surface area contributed by atoms with Crippen molar-refractivity contribution in [3.8, 4) is 0 Å². The largest absolute Gasteiger partial charge is 0.350 e. The van der Waals surface area contributed by atoms with E-state index in [9.17, 15) is 4.39 Å². The fraction of sp³-hybridized carbons (Fsp3) is 0.533. The van der Waals surface area contributed by atoms with Crippen LogP contribution in [0.25, 0.3) is 0 Å². The van der Waals surface area contributed by atoms with Gasteiger partial charge in [0.2, 0.25) is 5.13 Å². The Balaban J connectivity index is 1.70. The van der Waals surface area contributed by atoms with Crippen LogP contribution in [-0.2, 0) is 0 Å². The quantitative estimate of drug-likeness (QED) is 0.870. The zero-order valence-electron chi connectivity index (χ0n) is 13.0. The van der Waals surface area contributed by atoms with Crippen molar-refractivity contribution in [1.29, 1.82) is 0 Å². The Bertz CT molecular complexity index is 627. The molecule has 1 aliphatic rings. The lowest BCUT2D eigenvalue weighted by Gasteiger charge is -2.40. The SMILES string of the molecule is CC(C)c1nnc(N2CCN(c3ccc(F)cn3)C(C)C2)s1. The molecule has 2 aromatic rings. The van der Waals surface area contributed by atoms with Gasteiger partial charge in [0.1, 0.15) is 16.6 Å². The van der Waals surface area contributed by atoms with Crippen LogP contribution in [-0.4, -0.2) is 40.9 Å². The Kier molecular flexibility index (Phi) is 4.24. The molecule has 0 aliphatic carbocycles. The second-order valence-electron chi connectivity index (χ2n) is 5.90. The van der Waals surface area contributed by atoms with E-state index >= 15 is 0 Å². The number of anilines is 2. The Morgan fingerprint density at radius 3 is 2.68 bits per heavy atom. The Morgan fingerprint density at radius 1 is 1.27 bits per heavy atom. The second kappa shape index (κ2) is 6.16. The summed E-state index contributed by atoms with van der Waals surface area (Å²) >= 11 is 1.67. The van der Waals surface area contributed by atoms with E-state index in [2.05, 4.69) is 45.8 Å². The monoisotopic (exact) mass is 321 g/mol. The van der Waals surface area contributed by atoms with E-state index in [1.54, 1.807) is 17.4 Å². The molecule has 0 amide bonds. The van der Waals surface area contributed by atoms with Crippen LogP contribution in [0.1, 0.15) is 31.7 Å². The first-order chi connectivity index (χ1) is 10.5. The van der Waals surface area contributed by atoms with Gasteiger partial charge in [-0.25, -0.2) is 9.37 Å². The van der Waals surface area contributed by atoms with Gasteiger partial charge in [-0.1, -0.05) is 25.2 Å². The van der Waals surface area contributed by atoms with Crippen molar-refractivity contribution in [3.05, 3.63) is 29.2 Å². The van der Waals surface area contributed by atoms with Gasteiger partial charge in [0, 0.05) is 31.6 Å². The molecule has 1 atom stereocenters. The van der Waals surface area contributed by atoms with Crippen LogP contribution < -0.4 is 9.80 Å². The summed E-state index contributed by atoms with van der Waals surface area (Å²) in [6.45, 7) is 9.00. The molecule has 2 aromatic heterocycles. The Morgan fingerprint density at radius 2 is 2.09 bits per heavy atom. The van der Waals surface area contributed by atoms with Crippen molar-refractivity contribution < 1.29 is 4.39 Å². The summed E-state index contributed by atoms with van der Waals surface area (Å²) in [4.78, 5) is 8.67. The first-order valence-corrected chi connectivity index (χ1v) is 8.33. The van der Waals surface area contributed by atoms with Gasteiger partial charge in [-0.3, -0.25) is 0 Å². The number of rotatable bonds is 3. The molecule has 0 N–H and O–H groups in total. The summed E-state index contributed by atoms with van der Waals surface area (Å²) in [6, 6.07) is 3.49. The van der Waals surface area contributed by atoms with Crippen LogP contribution in [0.3, 0.4) is 0 Å². The summed E-state index contributed by atoms with van der Waals surface area (Å²) in [6.07, 6.45) is 1.27. The molecule has 0 bridgehead atoms. The number of hydrogen-bond acceptors (Lipinski definition) is 6. The van der Waals surface area contributed by atoms with Crippen molar-refractivity contribution in [2.24, 2.45) is 0 Å². The number of halogens is 1. The van der Waals surface area contributed by atoms with E-state index in [0.717, 1.165) is 35.6 Å². The van der Waals surface area contributed by atoms with E-state index < -0.39 is 0 Å². The standard InChI is InChI=1S/C15H20FN5S/c1-10(2)14-18-19-15(22-14)20-6-7-21(11(3)9-20)13-5-4-12(16)8-17-13/h4-5,8,10-11H,6-7,9H2,1-3H3. The number of aromatic nitrogens is 3. The van der Waals surface area contributed by atoms with Crippen LogP contribution >= 0.6 is 11.3 Å². The van der Waals surface area contributed by atoms with Crippen molar-refractivity contribution in [1.82, 2.24) is 15.2 Å². The van der Waals surface area contributed by atoms with E-state index in [4.69, 9.17) is 0 Å². The van der Waals surface area contributed by atoms with Gasteiger partial charge >= 0.3 is 0 Å². The topological polar surface area (TPSA) is 45.2 Å². The average Bonchev–Trinajstić information content (AvgIpc) is 2.98. The van der Waals surface area contributed by atoms with E-state index in [-0.39, 0.29) is 11.9 Å². The molecular formula is C15H20FN5S. The minimum Gasteiger partial charge on any atom is -0.350 e. The fourth-order valence-electron chi connectivity index (χ4n) is 2.60. The van der Waals surface area contributed by atoms with Crippen LogP contribution in [0, 0.1) is 5.82 Å². The molecular weight excluding hydrogens is 301 g/mol. The molecule has 1 saturated heterocycles. The molecule has 1 aliphatic heterocycles. The van der Waals surface area contributed by atoms with E-state index in [0.29, 0.717) is 5.92 Å². The molecule has 3 rings (SSSR count). The van der Waals surface area contributed by atoms with Gasteiger partial charge in [0.25, 0.3) is 0 Å². The van der Waals surface area contributed by atoms with Crippen LogP contribution in [0.15, 0.2) is 18.3 Å². The number of piperazine rings is 1. The summed E-state index contributed by atoms with van der Waals surface area (Å²) in [5.41, 5.74) is 0. The predicted octanol–water partition coefficient (Wildman–Crippen LogP) is 2.91. The highest BCUT2D eigenvalue weighted by molar-refractivity contribution is 7.15. The lowest BCUT2D eigenvalue weighted by atomic mass is 10.2. The zero-order chi connectivity index (χ0) is 15.7. The summed E-state index contributed by atoms with van der Waals surface area (Å²) in [5, 5.41) is 10.6. The lowest BCUT2D eigenvalue weighted by Crippen LogP contribution is -2.52. The maximum absolute atomic E-state index is 13.0. The molecule has 22 heavy (non-hydrogen) atoms. The van der Waals surface area contributed by atoms with Crippen molar-refractivity contribution in [3.63, 3.8) is 0 Å². The highest BCUT2D eigenvalue weighted by Crippen LogP contribution is 2.28. The molecule has 0 aromatic carbocycles. The molecule has 3 heterocycles. The van der Waals surface area contributed by atoms with Gasteiger partial charge < -0.3 is 9.80 Å². The van der Waals surface area contributed by atoms with Crippen LogP contribution in [0.2, 0.25) is 0 Å². The molecule has 118 valence electrons. The number of hydrogen-bond donors (Lipinski definition) is 0. The third kappa shape index (κ3) is 3.04. The molecule has 7 heteroatoms. The number of nitrogens with zero attached hydrogens (tertiary/aromatic N) is 5. The Hall–Kier alpha value is -1.76.